The third kappa shape index (κ3) is 453. The first-order valence-electron chi connectivity index (χ1n) is 1.10. The van der Waals surface area contributed by atoms with Crippen molar-refractivity contribution in [3.05, 3.63) is 0 Å². The molecule has 0 fully saturated rings. The van der Waals surface area contributed by atoms with Crippen LogP contribution in [0.1, 0.15) is 0 Å². The van der Waals surface area contributed by atoms with Crippen molar-refractivity contribution in [2.24, 2.45) is 0 Å². The molecule has 0 unspecified atom stereocenters. The van der Waals surface area contributed by atoms with Crippen LogP contribution in [0.25, 0.3) is 0 Å². The van der Waals surface area contributed by atoms with Gasteiger partial charge in [-0.25, -0.2) is 0 Å². The van der Waals surface area contributed by atoms with Crippen LogP contribution in [0.3, 0.4) is 0 Å². The Labute approximate surface area is 101 Å². The van der Waals surface area contributed by atoms with Gasteiger partial charge in [0.2, 0.25) is 0 Å². The minimum absolute atomic E-state index is 0. The molecule has 2 N–H and O–H groups in total. The van der Waals surface area contributed by atoms with Crippen LogP contribution < -0.4 is 14.7 Å². The van der Waals surface area contributed by atoms with Crippen LogP contribution in [-0.4, -0.2) is 5.48 Å². The van der Waals surface area contributed by atoms with Crippen molar-refractivity contribution in [3.63, 3.8) is 0 Å². The Morgan fingerprint density at radius 1 is 0.727 bits per heavy atom. The fraction of sp³-hybridized carbons (Fsp3) is 0. The number of hydrogen-bond acceptors (Lipinski definition) is 6. The summed E-state index contributed by atoms with van der Waals surface area (Å²) in [4.78, 5) is 25.0. The molecule has 0 spiro atoms. The van der Waals surface area contributed by atoms with Crippen molar-refractivity contribution >= 4 is 26.1 Å². The van der Waals surface area contributed by atoms with Gasteiger partial charge in [-0.05, 0) is 0 Å². The fourth-order valence-corrected chi connectivity index (χ4v) is 0. The molecule has 0 atom stereocenters. The van der Waals surface area contributed by atoms with E-state index in [-0.39, 0.29) is 47.2 Å². The van der Waals surface area contributed by atoms with E-state index in [1.165, 1.54) is 0 Å². The third-order valence-electron chi connectivity index (χ3n) is 0. The van der Waals surface area contributed by atoms with Crippen molar-refractivity contribution < 1.29 is 75.6 Å². The molecular formula is H2CeO7P3. The Kier molecular flexibility index (Phi) is 167. The second-order valence-corrected chi connectivity index (χ2v) is 0.671. The molecule has 11 heavy (non-hydrogen) atoms. The average molecular weight is 347 g/mol. The molecule has 0 aromatic heterocycles. The topological polar surface area (TPSA) is 152 Å². The molecule has 0 aliphatic carbocycles. The van der Waals surface area contributed by atoms with Gasteiger partial charge in [-0.1, -0.05) is 0 Å². The van der Waals surface area contributed by atoms with Crippen LogP contribution in [0.2, 0.25) is 0 Å². The van der Waals surface area contributed by atoms with Crippen LogP contribution in [0.4, 0.5) is 0 Å². The molecule has 0 saturated carbocycles. The molecule has 63 valence electrons. The maximum Gasteiger partial charge on any atom is 3.00 e. The summed E-state index contributed by atoms with van der Waals surface area (Å²) in [5, 5.41) is 0. The van der Waals surface area contributed by atoms with E-state index in [2.05, 4.69) is 0 Å². The van der Waals surface area contributed by atoms with Gasteiger partial charge in [0.05, 0.1) is 26.1 Å². The van der Waals surface area contributed by atoms with E-state index >= 15 is 0 Å². The van der Waals surface area contributed by atoms with Crippen LogP contribution in [-0.2, 0) is 13.7 Å². The number of hydrogen-bond donors (Lipinski definition) is 0. The summed E-state index contributed by atoms with van der Waals surface area (Å²) in [6.07, 6.45) is 0. The SMILES string of the molecule is O.O=P[O-].O=P[O-].O=P[O-].[Ce+3]. The molecule has 0 aliphatic rings. The Hall–Kier alpha value is 1.52. The molecule has 0 amide bonds. The van der Waals surface area contributed by atoms with Gasteiger partial charge in [0, 0.05) is 0 Å². The predicted molar refractivity (Wildman–Crippen MR) is 26.4 cm³/mol. The molecule has 0 aliphatic heterocycles. The minimum atomic E-state index is -1.08. The first-order chi connectivity index (χ1) is 4.24. The normalized spacial score (nSPS) is 5.73. The largest absolute Gasteiger partial charge is 3.00 e. The van der Waals surface area contributed by atoms with Crippen LogP contribution in [0, 0.1) is 41.7 Å². The first-order valence-corrected chi connectivity index (χ1v) is 3.29. The van der Waals surface area contributed by atoms with Crippen molar-refractivity contribution in [3.8, 4) is 0 Å². The number of rotatable bonds is 0. The molecule has 7 nitrogen and oxygen atoms in total. The summed E-state index contributed by atoms with van der Waals surface area (Å²) in [7, 11) is -3.25. The Morgan fingerprint density at radius 2 is 0.727 bits per heavy atom. The van der Waals surface area contributed by atoms with E-state index in [0.29, 0.717) is 0 Å². The second-order valence-electron chi connectivity index (χ2n) is 0.224. The Balaban J connectivity index is -0.0000000150. The van der Waals surface area contributed by atoms with Gasteiger partial charge in [-0.2, -0.15) is 0 Å². The van der Waals surface area contributed by atoms with Crippen LogP contribution in [0.5, 0.6) is 0 Å². The van der Waals surface area contributed by atoms with Gasteiger partial charge in [-0.3, -0.25) is 13.7 Å². The summed E-state index contributed by atoms with van der Waals surface area (Å²) in [6.45, 7) is 0. The molecular weight excluding hydrogens is 345 g/mol. The zero-order valence-electron chi connectivity index (χ0n) is 4.79. The fourth-order valence-electron chi connectivity index (χ4n) is 0. The molecule has 0 aromatic rings. The molecule has 0 heterocycles. The van der Waals surface area contributed by atoms with Gasteiger partial charge in [0.25, 0.3) is 0 Å². The van der Waals surface area contributed by atoms with E-state index < -0.39 is 26.1 Å². The summed E-state index contributed by atoms with van der Waals surface area (Å²) in [6, 6.07) is 0. The smallest absolute Gasteiger partial charge is 0.772 e. The third-order valence-corrected chi connectivity index (χ3v) is 0. The van der Waals surface area contributed by atoms with Crippen molar-refractivity contribution in [1.29, 1.82) is 0 Å². The van der Waals surface area contributed by atoms with Crippen LogP contribution in [0.15, 0.2) is 0 Å². The minimum Gasteiger partial charge on any atom is -0.772 e. The maximum absolute atomic E-state index is 8.35. The van der Waals surface area contributed by atoms with Gasteiger partial charge >= 0.3 is 41.7 Å². The van der Waals surface area contributed by atoms with Gasteiger partial charge < -0.3 is 20.2 Å². The summed E-state index contributed by atoms with van der Waals surface area (Å²) in [5.41, 5.74) is 0. The predicted octanol–water partition coefficient (Wildman–Crippen LogP) is -2.16. The first kappa shape index (κ1) is 29.4. The monoisotopic (exact) mass is 347 g/mol. The van der Waals surface area contributed by atoms with Gasteiger partial charge in [-0.15, -0.1) is 0 Å². The van der Waals surface area contributed by atoms with Gasteiger partial charge in [0.15, 0.2) is 0 Å². The summed E-state index contributed by atoms with van der Waals surface area (Å²) < 4.78 is 25.0. The average Bonchev–Trinajstić information content (AvgIpc) is 1.70. The van der Waals surface area contributed by atoms with Crippen LogP contribution >= 0.6 is 26.1 Å². The van der Waals surface area contributed by atoms with E-state index in [9.17, 15) is 0 Å². The van der Waals surface area contributed by atoms with Crippen molar-refractivity contribution in [2.45, 2.75) is 0 Å². The van der Waals surface area contributed by atoms with E-state index in [4.69, 9.17) is 28.4 Å². The quantitative estimate of drug-likeness (QED) is 0.455. The molecule has 0 rings (SSSR count). The van der Waals surface area contributed by atoms with Crippen molar-refractivity contribution in [1.82, 2.24) is 0 Å². The summed E-state index contributed by atoms with van der Waals surface area (Å²) >= 11 is 0. The van der Waals surface area contributed by atoms with Crippen molar-refractivity contribution in [2.75, 3.05) is 0 Å². The zero-order valence-corrected chi connectivity index (χ0v) is 10.6. The Morgan fingerprint density at radius 3 is 0.727 bits per heavy atom. The summed E-state index contributed by atoms with van der Waals surface area (Å²) in [5.74, 6) is 0. The molecule has 11 heteroatoms. The molecule has 0 bridgehead atoms. The van der Waals surface area contributed by atoms with Gasteiger partial charge in [0.1, 0.15) is 0 Å². The second kappa shape index (κ2) is 62.4. The molecule has 1 radical (unpaired) electrons. The van der Waals surface area contributed by atoms with E-state index in [1.807, 2.05) is 0 Å². The Bertz CT molecular complexity index is 50.4. The van der Waals surface area contributed by atoms with E-state index in [1.54, 1.807) is 0 Å². The maximum atomic E-state index is 8.35. The zero-order chi connectivity index (χ0) is 8.12. The molecule has 0 aromatic carbocycles. The standard InChI is InChI=1S/Ce.3HO2P.H2O/c;3*1-3-2;/h;3*(H,1,2);1H2/q+3;;;;/p-3. The van der Waals surface area contributed by atoms with E-state index in [0.717, 1.165) is 0 Å². The molecule has 0 saturated heterocycles.